The maximum Gasteiger partial charge on any atom is 0.240 e. The Morgan fingerprint density at radius 1 is 1.29 bits per heavy atom. The fourth-order valence-corrected chi connectivity index (χ4v) is 2.27. The van der Waals surface area contributed by atoms with E-state index >= 15 is 0 Å². The quantitative estimate of drug-likeness (QED) is 0.821. The van der Waals surface area contributed by atoms with Gasteiger partial charge in [-0.2, -0.15) is 0 Å². The summed E-state index contributed by atoms with van der Waals surface area (Å²) in [6, 6.07) is 4.96. The SMILES string of the molecule is COc1ccc(Cl)cc1NC(=O)C1(C(=O)NC(C)C)CC1. The van der Waals surface area contributed by atoms with Crippen molar-refractivity contribution in [1.82, 2.24) is 5.32 Å². The van der Waals surface area contributed by atoms with E-state index in [1.807, 2.05) is 13.8 Å². The maximum absolute atomic E-state index is 12.4. The summed E-state index contributed by atoms with van der Waals surface area (Å²) in [5.74, 6) is -0.0370. The molecule has 2 rings (SSSR count). The smallest absolute Gasteiger partial charge is 0.240 e. The number of nitrogens with one attached hydrogen (secondary N) is 2. The fourth-order valence-electron chi connectivity index (χ4n) is 2.10. The van der Waals surface area contributed by atoms with Crippen LogP contribution in [-0.2, 0) is 9.59 Å². The van der Waals surface area contributed by atoms with Gasteiger partial charge in [-0.3, -0.25) is 9.59 Å². The van der Waals surface area contributed by atoms with Crippen LogP contribution in [0.15, 0.2) is 18.2 Å². The summed E-state index contributed by atoms with van der Waals surface area (Å²) in [5, 5.41) is 6.03. The number of amides is 2. The fraction of sp³-hybridized carbons (Fsp3) is 0.467. The second-order valence-corrected chi connectivity index (χ2v) is 5.95. The summed E-state index contributed by atoms with van der Waals surface area (Å²) < 4.78 is 5.19. The Kier molecular flexibility index (Phi) is 4.42. The molecule has 6 heteroatoms. The molecule has 2 amide bonds. The van der Waals surface area contributed by atoms with Crippen LogP contribution in [0.2, 0.25) is 5.02 Å². The van der Waals surface area contributed by atoms with Gasteiger partial charge >= 0.3 is 0 Å². The third-order valence-electron chi connectivity index (χ3n) is 3.45. The van der Waals surface area contributed by atoms with Crippen LogP contribution in [0.3, 0.4) is 0 Å². The topological polar surface area (TPSA) is 67.4 Å². The van der Waals surface area contributed by atoms with Gasteiger partial charge in [0.1, 0.15) is 11.2 Å². The predicted molar refractivity (Wildman–Crippen MR) is 81.6 cm³/mol. The Balaban J connectivity index is 2.15. The molecular formula is C15H19ClN2O3. The van der Waals surface area contributed by atoms with E-state index in [9.17, 15) is 9.59 Å². The maximum atomic E-state index is 12.4. The lowest BCUT2D eigenvalue weighted by atomic mass is 10.0. The van der Waals surface area contributed by atoms with Gasteiger partial charge in [-0.05, 0) is 44.9 Å². The molecule has 0 radical (unpaired) electrons. The Morgan fingerprint density at radius 2 is 1.95 bits per heavy atom. The number of ether oxygens (including phenoxy) is 1. The molecule has 0 aromatic heterocycles. The highest BCUT2D eigenvalue weighted by atomic mass is 35.5. The van der Waals surface area contributed by atoms with E-state index in [4.69, 9.17) is 16.3 Å². The molecule has 5 nitrogen and oxygen atoms in total. The van der Waals surface area contributed by atoms with Gasteiger partial charge in [0.2, 0.25) is 11.8 Å². The lowest BCUT2D eigenvalue weighted by Crippen LogP contribution is -2.42. The molecule has 0 atom stereocenters. The van der Waals surface area contributed by atoms with Gasteiger partial charge in [-0.25, -0.2) is 0 Å². The van der Waals surface area contributed by atoms with Crippen LogP contribution in [0.1, 0.15) is 26.7 Å². The van der Waals surface area contributed by atoms with Crippen LogP contribution in [0, 0.1) is 5.41 Å². The zero-order valence-electron chi connectivity index (χ0n) is 12.3. The number of carbonyl (C=O) groups is 2. The molecule has 1 fully saturated rings. The Hall–Kier alpha value is -1.75. The summed E-state index contributed by atoms with van der Waals surface area (Å²) in [6.07, 6.45) is 1.11. The van der Waals surface area contributed by atoms with Crippen LogP contribution in [0.4, 0.5) is 5.69 Å². The molecule has 0 saturated heterocycles. The van der Waals surface area contributed by atoms with Crippen LogP contribution in [0.25, 0.3) is 0 Å². The van der Waals surface area contributed by atoms with Crippen molar-refractivity contribution in [3.05, 3.63) is 23.2 Å². The number of rotatable bonds is 5. The number of hydrogen-bond donors (Lipinski definition) is 2. The second-order valence-electron chi connectivity index (χ2n) is 5.51. The highest BCUT2D eigenvalue weighted by Crippen LogP contribution is 2.47. The van der Waals surface area contributed by atoms with Crippen LogP contribution in [-0.4, -0.2) is 25.0 Å². The third-order valence-corrected chi connectivity index (χ3v) is 3.68. The number of hydrogen-bond acceptors (Lipinski definition) is 3. The average Bonchev–Trinajstić information content (AvgIpc) is 3.19. The molecule has 0 aliphatic heterocycles. The van der Waals surface area contributed by atoms with E-state index in [0.717, 1.165) is 0 Å². The van der Waals surface area contributed by atoms with E-state index in [1.54, 1.807) is 18.2 Å². The van der Waals surface area contributed by atoms with Gasteiger partial charge < -0.3 is 15.4 Å². The molecule has 1 aromatic rings. The van der Waals surface area contributed by atoms with E-state index in [2.05, 4.69) is 10.6 Å². The van der Waals surface area contributed by atoms with Crippen molar-refractivity contribution >= 4 is 29.1 Å². The summed E-state index contributed by atoms with van der Waals surface area (Å²) in [4.78, 5) is 24.6. The second kappa shape index (κ2) is 5.93. The summed E-state index contributed by atoms with van der Waals surface area (Å²) in [7, 11) is 1.51. The normalized spacial score (nSPS) is 15.5. The zero-order valence-corrected chi connectivity index (χ0v) is 13.1. The van der Waals surface area contributed by atoms with Gasteiger partial charge in [0.25, 0.3) is 0 Å². The molecular weight excluding hydrogens is 292 g/mol. The Morgan fingerprint density at radius 3 is 2.48 bits per heavy atom. The summed E-state index contributed by atoms with van der Waals surface area (Å²) >= 11 is 5.93. The molecule has 1 aliphatic rings. The lowest BCUT2D eigenvalue weighted by molar-refractivity contribution is -0.134. The minimum absolute atomic E-state index is 0.00322. The average molecular weight is 311 g/mol. The predicted octanol–water partition coefficient (Wildman–Crippen LogP) is 2.59. The van der Waals surface area contributed by atoms with Crippen LogP contribution < -0.4 is 15.4 Å². The highest BCUT2D eigenvalue weighted by molar-refractivity contribution is 6.31. The first-order valence-electron chi connectivity index (χ1n) is 6.85. The molecule has 0 unspecified atom stereocenters. The zero-order chi connectivity index (χ0) is 15.6. The van der Waals surface area contributed by atoms with Crippen LogP contribution >= 0.6 is 11.6 Å². The van der Waals surface area contributed by atoms with Crippen molar-refractivity contribution in [3.63, 3.8) is 0 Å². The Labute approximate surface area is 129 Å². The molecule has 1 aliphatic carbocycles. The molecule has 0 heterocycles. The largest absolute Gasteiger partial charge is 0.495 e. The van der Waals surface area contributed by atoms with Crippen molar-refractivity contribution in [2.75, 3.05) is 12.4 Å². The number of methoxy groups -OCH3 is 1. The van der Waals surface area contributed by atoms with E-state index in [1.165, 1.54) is 7.11 Å². The summed E-state index contributed by atoms with van der Waals surface area (Å²) in [5.41, 5.74) is -0.490. The van der Waals surface area contributed by atoms with E-state index in [-0.39, 0.29) is 17.9 Å². The van der Waals surface area contributed by atoms with Gasteiger partial charge in [0, 0.05) is 11.1 Å². The third kappa shape index (κ3) is 3.29. The standard InChI is InChI=1S/C15H19ClN2O3/c1-9(2)17-13(19)15(6-7-15)14(20)18-11-8-10(16)4-5-12(11)21-3/h4-5,8-9H,6-7H2,1-3H3,(H,17,19)(H,18,20). The minimum Gasteiger partial charge on any atom is -0.495 e. The van der Waals surface area contributed by atoms with Gasteiger partial charge in [0.15, 0.2) is 0 Å². The molecule has 0 bridgehead atoms. The summed E-state index contributed by atoms with van der Waals surface area (Å²) in [6.45, 7) is 3.73. The molecule has 21 heavy (non-hydrogen) atoms. The van der Waals surface area contributed by atoms with Gasteiger partial charge in [-0.1, -0.05) is 11.6 Å². The first-order chi connectivity index (χ1) is 9.89. The van der Waals surface area contributed by atoms with Crippen molar-refractivity contribution < 1.29 is 14.3 Å². The molecule has 114 valence electrons. The first-order valence-corrected chi connectivity index (χ1v) is 7.23. The first kappa shape index (κ1) is 15.6. The number of halogens is 1. The van der Waals surface area contributed by atoms with Gasteiger partial charge in [-0.15, -0.1) is 0 Å². The van der Waals surface area contributed by atoms with Crippen molar-refractivity contribution in [3.8, 4) is 5.75 Å². The Bertz CT molecular complexity index is 568. The van der Waals surface area contributed by atoms with Crippen molar-refractivity contribution in [2.45, 2.75) is 32.7 Å². The van der Waals surface area contributed by atoms with Crippen LogP contribution in [0.5, 0.6) is 5.75 Å². The highest BCUT2D eigenvalue weighted by Gasteiger charge is 2.56. The molecule has 1 saturated carbocycles. The molecule has 2 N–H and O–H groups in total. The minimum atomic E-state index is -0.961. The number of benzene rings is 1. The van der Waals surface area contributed by atoms with Crippen molar-refractivity contribution in [2.24, 2.45) is 5.41 Å². The number of carbonyl (C=O) groups excluding carboxylic acids is 2. The van der Waals surface area contributed by atoms with Gasteiger partial charge in [0.05, 0.1) is 12.8 Å². The monoisotopic (exact) mass is 310 g/mol. The van der Waals surface area contributed by atoms with E-state index < -0.39 is 5.41 Å². The van der Waals surface area contributed by atoms with Crippen molar-refractivity contribution in [1.29, 1.82) is 0 Å². The lowest BCUT2D eigenvalue weighted by Gasteiger charge is -2.18. The molecule has 1 aromatic carbocycles. The number of anilines is 1. The van der Waals surface area contributed by atoms with E-state index in [0.29, 0.717) is 29.3 Å². The molecule has 0 spiro atoms.